The normalized spacial score (nSPS) is 17.0. The first-order chi connectivity index (χ1) is 31.1. The Balaban J connectivity index is 1.18. The molecule has 0 aliphatic carbocycles. The Morgan fingerprint density at radius 3 is 2.24 bits per heavy atom. The zero-order chi connectivity index (χ0) is 48.5. The van der Waals surface area contributed by atoms with E-state index in [1.165, 1.54) is 11.8 Å². The van der Waals surface area contributed by atoms with Crippen LogP contribution in [0.25, 0.3) is 0 Å². The Morgan fingerprint density at radius 1 is 0.924 bits per heavy atom. The molecule has 1 fully saturated rings. The van der Waals surface area contributed by atoms with Gasteiger partial charge in [-0.25, -0.2) is 17.9 Å². The molecule has 5 rings (SSSR count). The van der Waals surface area contributed by atoms with Crippen molar-refractivity contribution in [2.75, 3.05) is 13.1 Å². The van der Waals surface area contributed by atoms with E-state index in [9.17, 15) is 37.5 Å². The molecule has 3 aromatic rings. The van der Waals surface area contributed by atoms with Gasteiger partial charge in [0.15, 0.2) is 0 Å². The summed E-state index contributed by atoms with van der Waals surface area (Å²) in [5, 5.41) is 18.2. The van der Waals surface area contributed by atoms with E-state index in [4.69, 9.17) is 15.2 Å². The van der Waals surface area contributed by atoms with Gasteiger partial charge in [-0.15, -0.1) is 0 Å². The van der Waals surface area contributed by atoms with Crippen LogP contribution in [0.2, 0.25) is 0 Å². The number of nitrogens with zero attached hydrogens (tertiary/aromatic N) is 2. The topological polar surface area (TPSA) is 248 Å². The van der Waals surface area contributed by atoms with Gasteiger partial charge in [-0.05, 0) is 113 Å². The summed E-state index contributed by atoms with van der Waals surface area (Å²) < 4.78 is 41.5. The van der Waals surface area contributed by atoms with E-state index in [1.54, 1.807) is 38.1 Å². The van der Waals surface area contributed by atoms with E-state index < -0.39 is 69.4 Å². The van der Waals surface area contributed by atoms with Gasteiger partial charge in [0, 0.05) is 38.4 Å². The van der Waals surface area contributed by atoms with E-state index in [0.717, 1.165) is 22.3 Å². The summed E-state index contributed by atoms with van der Waals surface area (Å²) in [5.41, 5.74) is 9.94. The molecule has 0 radical (unpaired) electrons. The molecule has 2 aliphatic heterocycles. The zero-order valence-corrected chi connectivity index (χ0v) is 40.0. The maximum Gasteiger partial charge on any atom is 0.326 e. The second-order valence-electron chi connectivity index (χ2n) is 18.2. The van der Waals surface area contributed by atoms with E-state index >= 15 is 0 Å². The third-order valence-electron chi connectivity index (χ3n) is 11.8. The first-order valence-corrected chi connectivity index (χ1v) is 23.9. The molecule has 7 N–H and O–H groups in total. The Bertz CT molecular complexity index is 2410. The standard InChI is InChI=1S/C48H65N7O10S/c1-28(2)24-39(53-43(57)38(51-32(6)56)25-33-18-20-35(21-19-33)64-27-34-14-10-9-11-15-34)45(59)55-23-13-17-40(55)44(58)52-37(46(60)61)16-12-22-50-47(49)54-66(62,63)42-30(4)29(3)41-36(31(42)5)26-48(7,8)65-41/h9-11,14-15,18-21,28,37-40H,12-13,16-17,22-27H2,1-8H3,(H,51,56)(H,52,58)(H,53,57)(H,60,61)(H3,49,50,54)/t37-,38-,39-,40-/m0/s1. The maximum absolute atomic E-state index is 14.2. The van der Waals surface area contributed by atoms with E-state index in [1.807, 2.05) is 65.0 Å². The lowest BCUT2D eigenvalue weighted by atomic mass is 9.94. The minimum Gasteiger partial charge on any atom is -0.489 e. The number of nitrogens with one attached hydrogen (secondary N) is 4. The average Bonchev–Trinajstić information content (AvgIpc) is 3.87. The minimum absolute atomic E-state index is 0.0423. The number of guanidine groups is 1. The highest BCUT2D eigenvalue weighted by Gasteiger charge is 2.40. The summed E-state index contributed by atoms with van der Waals surface area (Å²) in [6.07, 6.45) is 1.73. The molecule has 358 valence electrons. The summed E-state index contributed by atoms with van der Waals surface area (Å²) in [7, 11) is -4.15. The number of carbonyl (C=O) groups excluding carboxylic acids is 4. The third-order valence-corrected chi connectivity index (χ3v) is 13.4. The second kappa shape index (κ2) is 21.9. The van der Waals surface area contributed by atoms with Gasteiger partial charge in [0.05, 0.1) is 4.90 Å². The first-order valence-electron chi connectivity index (χ1n) is 22.4. The summed E-state index contributed by atoms with van der Waals surface area (Å²) in [5.74, 6) is -2.54. The maximum atomic E-state index is 14.2. The van der Waals surface area contributed by atoms with E-state index in [0.29, 0.717) is 42.1 Å². The van der Waals surface area contributed by atoms with Crippen LogP contribution in [-0.4, -0.2) is 96.8 Å². The molecule has 2 heterocycles. The number of sulfonamides is 1. The Kier molecular flexibility index (Phi) is 16.8. The number of nitrogens with two attached hydrogens (primary N) is 1. The summed E-state index contributed by atoms with van der Waals surface area (Å²) >= 11 is 0. The van der Waals surface area contributed by atoms with Gasteiger partial charge in [-0.2, -0.15) is 0 Å². The van der Waals surface area contributed by atoms with Crippen molar-refractivity contribution in [1.82, 2.24) is 25.6 Å². The first kappa shape index (κ1) is 50.8. The Labute approximate surface area is 387 Å². The van der Waals surface area contributed by atoms with Crippen molar-refractivity contribution in [2.45, 2.75) is 142 Å². The molecule has 0 saturated carbocycles. The molecule has 1 saturated heterocycles. The molecular formula is C48H65N7O10S. The molecule has 18 heteroatoms. The lowest BCUT2D eigenvalue weighted by Crippen LogP contribution is -2.58. The summed E-state index contributed by atoms with van der Waals surface area (Å²) in [6.45, 7) is 14.8. The number of benzene rings is 3. The fraction of sp³-hybridized carbons (Fsp3) is 0.500. The van der Waals surface area contributed by atoms with Gasteiger partial charge >= 0.3 is 5.97 Å². The van der Waals surface area contributed by atoms with Gasteiger partial charge in [0.25, 0.3) is 10.0 Å². The van der Waals surface area contributed by atoms with Crippen LogP contribution in [0.5, 0.6) is 11.5 Å². The lowest BCUT2D eigenvalue weighted by molar-refractivity contribution is -0.145. The van der Waals surface area contributed by atoms with Crippen molar-refractivity contribution in [3.63, 3.8) is 0 Å². The quantitative estimate of drug-likeness (QED) is 0.0535. The largest absolute Gasteiger partial charge is 0.489 e. The number of amides is 4. The number of aliphatic imine (C=N–C) groups is 1. The zero-order valence-electron chi connectivity index (χ0n) is 39.2. The highest BCUT2D eigenvalue weighted by atomic mass is 32.2. The number of carboxylic acid groups (broad SMARTS) is 1. The molecule has 4 atom stereocenters. The lowest BCUT2D eigenvalue weighted by Gasteiger charge is -2.31. The smallest absolute Gasteiger partial charge is 0.326 e. The van der Waals surface area contributed by atoms with Crippen molar-refractivity contribution in [3.05, 3.63) is 88.0 Å². The van der Waals surface area contributed by atoms with E-state index in [-0.39, 0.29) is 62.0 Å². The highest BCUT2D eigenvalue weighted by molar-refractivity contribution is 7.90. The number of hydrogen-bond acceptors (Lipinski definition) is 10. The number of carboxylic acids is 1. The molecule has 4 amide bonds. The van der Waals surface area contributed by atoms with Gasteiger partial charge in [0.2, 0.25) is 29.6 Å². The summed E-state index contributed by atoms with van der Waals surface area (Å²) in [4.78, 5) is 71.9. The van der Waals surface area contributed by atoms with Crippen LogP contribution < -0.4 is 35.9 Å². The number of rotatable bonds is 20. The molecule has 17 nitrogen and oxygen atoms in total. The molecule has 66 heavy (non-hydrogen) atoms. The molecule has 2 aliphatic rings. The minimum atomic E-state index is -4.15. The number of ether oxygens (including phenoxy) is 2. The second-order valence-corrected chi connectivity index (χ2v) is 19.8. The average molecular weight is 932 g/mol. The Hall–Kier alpha value is -6.17. The molecule has 0 bridgehead atoms. The number of fused-ring (bicyclic) bond motifs is 1. The van der Waals surface area contributed by atoms with Crippen molar-refractivity contribution in [3.8, 4) is 11.5 Å². The van der Waals surface area contributed by atoms with Crippen molar-refractivity contribution in [1.29, 1.82) is 0 Å². The third kappa shape index (κ3) is 13.2. The Morgan fingerprint density at radius 2 is 1.61 bits per heavy atom. The van der Waals surface area contributed by atoms with Crippen LogP contribution in [0.3, 0.4) is 0 Å². The van der Waals surface area contributed by atoms with Crippen LogP contribution in [-0.2, 0) is 53.4 Å². The highest BCUT2D eigenvalue weighted by Crippen LogP contribution is 2.43. The van der Waals surface area contributed by atoms with Crippen LogP contribution in [0.15, 0.2) is 64.5 Å². The fourth-order valence-electron chi connectivity index (χ4n) is 8.51. The van der Waals surface area contributed by atoms with Gasteiger partial charge < -0.3 is 41.2 Å². The van der Waals surface area contributed by atoms with E-state index in [2.05, 4.69) is 25.7 Å². The van der Waals surface area contributed by atoms with Crippen LogP contribution in [0.4, 0.5) is 0 Å². The molecule has 0 unspecified atom stereocenters. The summed E-state index contributed by atoms with van der Waals surface area (Å²) in [6, 6.07) is 12.5. The number of hydrogen-bond donors (Lipinski definition) is 6. The molecule has 0 aromatic heterocycles. The molecule has 0 spiro atoms. The van der Waals surface area contributed by atoms with Crippen LogP contribution in [0.1, 0.15) is 100 Å². The van der Waals surface area contributed by atoms with Gasteiger partial charge in [0.1, 0.15) is 47.9 Å². The van der Waals surface area contributed by atoms with Gasteiger partial charge in [-0.1, -0.05) is 56.3 Å². The number of likely N-dealkylation sites (tertiary alicyclic amines) is 1. The predicted octanol–water partition coefficient (Wildman–Crippen LogP) is 4.12. The van der Waals surface area contributed by atoms with Crippen molar-refractivity contribution in [2.24, 2.45) is 16.6 Å². The fourth-order valence-corrected chi connectivity index (χ4v) is 10.0. The van der Waals surface area contributed by atoms with Crippen LogP contribution >= 0.6 is 0 Å². The number of aliphatic carboxylic acids is 1. The monoisotopic (exact) mass is 931 g/mol. The SMILES string of the molecule is CC(=O)N[C@@H](Cc1ccc(OCc2ccccc2)cc1)C(=O)N[C@@H](CC(C)C)C(=O)N1CCC[C@H]1C(=O)N[C@@H](CCCN=C(N)NS(=O)(=O)c1c(C)c(C)c2c(c1C)CC(C)(C)O2)C(=O)O. The predicted molar refractivity (Wildman–Crippen MR) is 249 cm³/mol. The van der Waals surface area contributed by atoms with Crippen molar-refractivity contribution >= 4 is 45.6 Å². The van der Waals surface area contributed by atoms with Gasteiger partial charge in [-0.3, -0.25) is 24.2 Å². The van der Waals surface area contributed by atoms with Crippen molar-refractivity contribution < 1.29 is 47.0 Å². The van der Waals surface area contributed by atoms with Crippen LogP contribution in [0, 0.1) is 26.7 Å². The molecule has 3 aromatic carbocycles. The molecular weight excluding hydrogens is 867 g/mol. The number of carbonyl (C=O) groups is 5.